The number of carbonyl (C=O) groups excluding carboxylic acids is 2. The van der Waals surface area contributed by atoms with E-state index in [1.165, 1.54) is 11.3 Å². The van der Waals surface area contributed by atoms with Crippen LogP contribution in [-0.2, 0) is 9.59 Å². The minimum atomic E-state index is -0.418. The fourth-order valence-electron chi connectivity index (χ4n) is 2.97. The number of rotatable bonds is 2. The summed E-state index contributed by atoms with van der Waals surface area (Å²) in [6.07, 6.45) is 5.29. The van der Waals surface area contributed by atoms with E-state index in [9.17, 15) is 9.59 Å². The quantitative estimate of drug-likeness (QED) is 0.715. The zero-order chi connectivity index (χ0) is 11.8. The Kier molecular flexibility index (Phi) is 3.02. The predicted molar refractivity (Wildman–Crippen MR) is 58.5 cm³/mol. The number of imide groups is 1. The van der Waals surface area contributed by atoms with Gasteiger partial charge in [-0.1, -0.05) is 19.3 Å². The van der Waals surface area contributed by atoms with Gasteiger partial charge in [0.2, 0.25) is 11.8 Å². The SMILES string of the molecule is C[C@@H](CO)N1C(=O)CC2(CCCCC2)C1=O. The Bertz CT molecular complexity index is 307. The molecule has 1 heterocycles. The summed E-state index contributed by atoms with van der Waals surface area (Å²) in [4.78, 5) is 25.4. The molecule has 0 bridgehead atoms. The van der Waals surface area contributed by atoms with Crippen molar-refractivity contribution in [2.45, 2.75) is 51.5 Å². The minimum Gasteiger partial charge on any atom is -0.394 e. The molecule has 0 unspecified atom stereocenters. The first-order valence-corrected chi connectivity index (χ1v) is 6.08. The number of hydrogen-bond donors (Lipinski definition) is 1. The van der Waals surface area contributed by atoms with Gasteiger partial charge in [0.15, 0.2) is 0 Å². The Morgan fingerprint density at radius 1 is 1.31 bits per heavy atom. The van der Waals surface area contributed by atoms with Gasteiger partial charge in [-0.2, -0.15) is 0 Å². The van der Waals surface area contributed by atoms with Gasteiger partial charge in [0.25, 0.3) is 0 Å². The van der Waals surface area contributed by atoms with Crippen LogP contribution in [-0.4, -0.2) is 34.5 Å². The van der Waals surface area contributed by atoms with E-state index >= 15 is 0 Å². The van der Waals surface area contributed by atoms with Gasteiger partial charge in [-0.25, -0.2) is 0 Å². The van der Waals surface area contributed by atoms with Crippen molar-refractivity contribution in [3.8, 4) is 0 Å². The summed E-state index contributed by atoms with van der Waals surface area (Å²) in [5.41, 5.74) is -0.418. The van der Waals surface area contributed by atoms with Crippen LogP contribution < -0.4 is 0 Å². The van der Waals surface area contributed by atoms with Crippen LogP contribution in [0.1, 0.15) is 45.4 Å². The molecular weight excluding hydrogens is 206 g/mol. The third-order valence-corrected chi connectivity index (χ3v) is 3.95. The third kappa shape index (κ3) is 1.65. The lowest BCUT2D eigenvalue weighted by Crippen LogP contribution is -2.43. The number of likely N-dealkylation sites (tertiary alicyclic amines) is 1. The van der Waals surface area contributed by atoms with E-state index in [-0.39, 0.29) is 24.5 Å². The number of nitrogens with zero attached hydrogens (tertiary/aromatic N) is 1. The molecule has 90 valence electrons. The molecule has 16 heavy (non-hydrogen) atoms. The fourth-order valence-corrected chi connectivity index (χ4v) is 2.97. The molecule has 1 saturated heterocycles. The Morgan fingerprint density at radius 3 is 2.50 bits per heavy atom. The topological polar surface area (TPSA) is 57.6 Å². The van der Waals surface area contributed by atoms with Gasteiger partial charge in [-0.05, 0) is 19.8 Å². The van der Waals surface area contributed by atoms with Crippen LogP contribution in [0.3, 0.4) is 0 Å². The Morgan fingerprint density at radius 2 is 1.94 bits per heavy atom. The van der Waals surface area contributed by atoms with Crippen molar-refractivity contribution in [3.05, 3.63) is 0 Å². The number of aliphatic hydroxyl groups excluding tert-OH is 1. The van der Waals surface area contributed by atoms with E-state index in [0.29, 0.717) is 6.42 Å². The lowest BCUT2D eigenvalue weighted by atomic mass is 9.73. The van der Waals surface area contributed by atoms with Gasteiger partial charge in [-0.3, -0.25) is 14.5 Å². The molecule has 0 aromatic carbocycles. The number of amides is 2. The van der Waals surface area contributed by atoms with E-state index in [4.69, 9.17) is 5.11 Å². The lowest BCUT2D eigenvalue weighted by molar-refractivity contribution is -0.145. The smallest absolute Gasteiger partial charge is 0.236 e. The molecule has 2 fully saturated rings. The predicted octanol–water partition coefficient (Wildman–Crippen LogP) is 1.08. The monoisotopic (exact) mass is 225 g/mol. The van der Waals surface area contributed by atoms with E-state index in [2.05, 4.69) is 0 Å². The standard InChI is InChI=1S/C12H19NO3/c1-9(8-14)13-10(15)7-12(11(13)16)5-3-2-4-6-12/h9,14H,2-8H2,1H3/t9-/m0/s1. The Hall–Kier alpha value is -0.900. The largest absolute Gasteiger partial charge is 0.394 e. The highest BCUT2D eigenvalue weighted by molar-refractivity contribution is 6.06. The summed E-state index contributed by atoms with van der Waals surface area (Å²) in [6, 6.07) is -0.374. The van der Waals surface area contributed by atoms with Crippen molar-refractivity contribution in [2.75, 3.05) is 6.61 Å². The molecule has 2 rings (SSSR count). The van der Waals surface area contributed by atoms with E-state index in [0.717, 1.165) is 25.7 Å². The summed E-state index contributed by atoms with van der Waals surface area (Å²) < 4.78 is 0. The van der Waals surface area contributed by atoms with Crippen LogP contribution in [0.2, 0.25) is 0 Å². The fraction of sp³-hybridized carbons (Fsp3) is 0.833. The molecule has 1 atom stereocenters. The second-order valence-electron chi connectivity index (χ2n) is 5.12. The first kappa shape index (κ1) is 11.6. The number of carbonyl (C=O) groups is 2. The van der Waals surface area contributed by atoms with Crippen molar-refractivity contribution in [3.63, 3.8) is 0 Å². The summed E-state index contributed by atoms with van der Waals surface area (Å²) >= 11 is 0. The second kappa shape index (κ2) is 4.17. The van der Waals surface area contributed by atoms with Gasteiger partial charge in [-0.15, -0.1) is 0 Å². The van der Waals surface area contributed by atoms with Crippen LogP contribution >= 0.6 is 0 Å². The maximum atomic E-state index is 12.3. The van der Waals surface area contributed by atoms with Crippen LogP contribution in [0, 0.1) is 5.41 Å². The highest BCUT2D eigenvalue weighted by Gasteiger charge is 2.52. The molecule has 1 aliphatic heterocycles. The van der Waals surface area contributed by atoms with Gasteiger partial charge in [0.05, 0.1) is 18.1 Å². The average molecular weight is 225 g/mol. The maximum absolute atomic E-state index is 12.3. The van der Waals surface area contributed by atoms with Crippen molar-refractivity contribution >= 4 is 11.8 Å². The third-order valence-electron chi connectivity index (χ3n) is 3.95. The number of aliphatic hydroxyl groups is 1. The molecule has 1 spiro atoms. The first-order chi connectivity index (χ1) is 7.60. The lowest BCUT2D eigenvalue weighted by Gasteiger charge is -2.31. The number of hydrogen-bond acceptors (Lipinski definition) is 3. The van der Waals surface area contributed by atoms with Gasteiger partial charge in [0, 0.05) is 6.42 Å². The van der Waals surface area contributed by atoms with Crippen molar-refractivity contribution in [1.82, 2.24) is 4.90 Å². The molecule has 4 nitrogen and oxygen atoms in total. The van der Waals surface area contributed by atoms with Crippen LogP contribution in [0.5, 0.6) is 0 Å². The summed E-state index contributed by atoms with van der Waals surface area (Å²) in [5.74, 6) is -0.146. The minimum absolute atomic E-state index is 0.0428. The molecule has 0 aromatic rings. The van der Waals surface area contributed by atoms with Crippen LogP contribution in [0.25, 0.3) is 0 Å². The molecule has 1 aliphatic carbocycles. The normalized spacial score (nSPS) is 26.5. The molecular formula is C12H19NO3. The second-order valence-corrected chi connectivity index (χ2v) is 5.12. The molecule has 4 heteroatoms. The van der Waals surface area contributed by atoms with Gasteiger partial charge >= 0.3 is 0 Å². The molecule has 2 aliphatic rings. The van der Waals surface area contributed by atoms with E-state index < -0.39 is 5.41 Å². The molecule has 1 saturated carbocycles. The molecule has 0 radical (unpaired) electrons. The van der Waals surface area contributed by atoms with Crippen molar-refractivity contribution < 1.29 is 14.7 Å². The maximum Gasteiger partial charge on any atom is 0.236 e. The highest BCUT2D eigenvalue weighted by atomic mass is 16.3. The molecule has 1 N–H and O–H groups in total. The van der Waals surface area contributed by atoms with Gasteiger partial charge < -0.3 is 5.11 Å². The first-order valence-electron chi connectivity index (χ1n) is 6.08. The zero-order valence-electron chi connectivity index (χ0n) is 9.74. The van der Waals surface area contributed by atoms with Crippen LogP contribution in [0.4, 0.5) is 0 Å². The van der Waals surface area contributed by atoms with Crippen LogP contribution in [0.15, 0.2) is 0 Å². The van der Waals surface area contributed by atoms with Crippen molar-refractivity contribution in [2.24, 2.45) is 5.41 Å². The van der Waals surface area contributed by atoms with Crippen molar-refractivity contribution in [1.29, 1.82) is 0 Å². The van der Waals surface area contributed by atoms with E-state index in [1.807, 2.05) is 0 Å². The Balaban J connectivity index is 2.20. The molecule has 2 amide bonds. The molecule has 0 aromatic heterocycles. The average Bonchev–Trinajstić information content (AvgIpc) is 2.51. The highest BCUT2D eigenvalue weighted by Crippen LogP contribution is 2.45. The van der Waals surface area contributed by atoms with E-state index in [1.54, 1.807) is 6.92 Å². The summed E-state index contributed by atoms with van der Waals surface area (Å²) in [6.45, 7) is 1.57. The zero-order valence-corrected chi connectivity index (χ0v) is 9.74. The van der Waals surface area contributed by atoms with Gasteiger partial charge in [0.1, 0.15) is 0 Å². The summed E-state index contributed by atoms with van der Waals surface area (Å²) in [7, 11) is 0. The Labute approximate surface area is 95.6 Å². The summed E-state index contributed by atoms with van der Waals surface area (Å²) in [5, 5.41) is 9.07.